The van der Waals surface area contributed by atoms with Gasteiger partial charge >= 0.3 is 0 Å². The van der Waals surface area contributed by atoms with E-state index >= 15 is 0 Å². The van der Waals surface area contributed by atoms with E-state index in [4.69, 9.17) is 11.5 Å². The van der Waals surface area contributed by atoms with E-state index in [-0.39, 0.29) is 35.2 Å². The lowest BCUT2D eigenvalue weighted by molar-refractivity contribution is 0.0995. The second kappa shape index (κ2) is 8.44. The number of rotatable bonds is 6. The normalized spacial score (nSPS) is 18.9. The fourth-order valence-corrected chi connectivity index (χ4v) is 3.48. The van der Waals surface area contributed by atoms with Gasteiger partial charge in [0, 0.05) is 23.3 Å². The molecule has 9 nitrogen and oxygen atoms in total. The second-order valence-electron chi connectivity index (χ2n) is 7.41. The Kier molecular flexibility index (Phi) is 5.97. The second-order valence-corrected chi connectivity index (χ2v) is 7.41. The number of amides is 1. The Balaban J connectivity index is 1.99. The first-order valence-electron chi connectivity index (χ1n) is 9.61. The Morgan fingerprint density at radius 3 is 2.62 bits per heavy atom. The number of carbonyl (C=O) groups excluding carboxylic acids is 2. The fraction of sp³-hybridized carbons (Fsp3) is 0.400. The van der Waals surface area contributed by atoms with Crippen molar-refractivity contribution >= 4 is 29.1 Å². The maximum absolute atomic E-state index is 12.5. The number of H-pyrrole nitrogens is 1. The van der Waals surface area contributed by atoms with Crippen LogP contribution in [0.2, 0.25) is 0 Å². The zero-order valence-corrected chi connectivity index (χ0v) is 16.5. The van der Waals surface area contributed by atoms with Crippen LogP contribution in [-0.4, -0.2) is 33.7 Å². The van der Waals surface area contributed by atoms with Crippen LogP contribution in [0.3, 0.4) is 0 Å². The van der Waals surface area contributed by atoms with Crippen molar-refractivity contribution in [3.63, 3.8) is 0 Å². The highest BCUT2D eigenvalue weighted by Crippen LogP contribution is 2.24. The predicted octanol–water partition coefficient (Wildman–Crippen LogP) is 1.81. The molecule has 3 rings (SSSR count). The van der Waals surface area contributed by atoms with Gasteiger partial charge in [0.05, 0.1) is 0 Å². The third-order valence-corrected chi connectivity index (χ3v) is 5.20. The summed E-state index contributed by atoms with van der Waals surface area (Å²) in [5.74, 6) is -0.764. The van der Waals surface area contributed by atoms with Gasteiger partial charge in [-0.15, -0.1) is 0 Å². The van der Waals surface area contributed by atoms with Gasteiger partial charge in [0.15, 0.2) is 11.6 Å². The van der Waals surface area contributed by atoms with E-state index in [2.05, 4.69) is 20.6 Å². The molecule has 1 aromatic heterocycles. The molecular weight excluding hydrogens is 372 g/mol. The van der Waals surface area contributed by atoms with E-state index in [9.17, 15) is 14.4 Å². The number of hydrogen-bond donors (Lipinski definition) is 5. The highest BCUT2D eigenvalue weighted by atomic mass is 16.2. The Labute approximate surface area is 168 Å². The van der Waals surface area contributed by atoms with Crippen molar-refractivity contribution in [2.45, 2.75) is 51.6 Å². The fourth-order valence-electron chi connectivity index (χ4n) is 3.48. The van der Waals surface area contributed by atoms with Crippen molar-refractivity contribution in [2.24, 2.45) is 11.5 Å². The summed E-state index contributed by atoms with van der Waals surface area (Å²) in [5, 5.41) is 6.16. The number of anilines is 3. The number of aryl methyl sites for hydroxylation is 1. The maximum Gasteiger partial charge on any atom is 0.267 e. The van der Waals surface area contributed by atoms with Crippen LogP contribution in [0.4, 0.5) is 17.5 Å². The lowest BCUT2D eigenvalue weighted by Crippen LogP contribution is -2.43. The smallest absolute Gasteiger partial charge is 0.267 e. The number of primary amides is 1. The number of ketones is 1. The van der Waals surface area contributed by atoms with Gasteiger partial charge in [-0.25, -0.2) is 0 Å². The van der Waals surface area contributed by atoms with Gasteiger partial charge in [0.25, 0.3) is 11.5 Å². The topological polar surface area (TPSA) is 156 Å². The molecule has 154 valence electrons. The molecular formula is C20H26N6O3. The van der Waals surface area contributed by atoms with Gasteiger partial charge in [-0.05, 0) is 38.3 Å². The zero-order valence-electron chi connectivity index (χ0n) is 16.5. The summed E-state index contributed by atoms with van der Waals surface area (Å²) >= 11 is 0. The van der Waals surface area contributed by atoms with E-state index < -0.39 is 11.5 Å². The van der Waals surface area contributed by atoms with E-state index in [1.807, 2.05) is 6.92 Å². The predicted molar refractivity (Wildman–Crippen MR) is 112 cm³/mol. The molecule has 0 bridgehead atoms. The van der Waals surface area contributed by atoms with E-state index in [0.717, 1.165) is 31.2 Å². The van der Waals surface area contributed by atoms with Gasteiger partial charge in [-0.3, -0.25) is 19.4 Å². The van der Waals surface area contributed by atoms with Crippen LogP contribution >= 0.6 is 0 Å². The number of nitrogens with two attached hydrogens (primary N) is 2. The third kappa shape index (κ3) is 4.62. The molecule has 0 aliphatic heterocycles. The maximum atomic E-state index is 12.5. The number of aromatic nitrogens is 2. The van der Waals surface area contributed by atoms with Gasteiger partial charge in [-0.1, -0.05) is 25.0 Å². The minimum atomic E-state index is -0.900. The summed E-state index contributed by atoms with van der Waals surface area (Å²) in [5.41, 5.74) is 12.5. The molecule has 0 unspecified atom stereocenters. The molecule has 1 saturated carbocycles. The van der Waals surface area contributed by atoms with Crippen LogP contribution in [0, 0.1) is 6.92 Å². The molecule has 1 amide bonds. The molecule has 9 heteroatoms. The summed E-state index contributed by atoms with van der Waals surface area (Å²) in [7, 11) is 0. The van der Waals surface area contributed by atoms with Gasteiger partial charge in [0.1, 0.15) is 5.56 Å². The molecule has 29 heavy (non-hydrogen) atoms. The first-order chi connectivity index (χ1) is 13.8. The van der Waals surface area contributed by atoms with Crippen molar-refractivity contribution in [1.82, 2.24) is 9.97 Å². The molecule has 1 aliphatic rings. The van der Waals surface area contributed by atoms with Gasteiger partial charge < -0.3 is 22.1 Å². The number of benzene rings is 1. The molecule has 0 saturated heterocycles. The van der Waals surface area contributed by atoms with Crippen molar-refractivity contribution in [3.05, 3.63) is 45.2 Å². The molecule has 1 aromatic carbocycles. The SMILES string of the molecule is CC(=O)c1ccc(C)c(Nc2nc(N[C@H]3CCCC[C@@H]3N)[nH]c(=O)c2C(N)=O)c1. The Morgan fingerprint density at radius 1 is 1.24 bits per heavy atom. The summed E-state index contributed by atoms with van der Waals surface area (Å²) in [4.78, 5) is 43.0. The molecule has 1 fully saturated rings. The highest BCUT2D eigenvalue weighted by molar-refractivity contribution is 5.99. The highest BCUT2D eigenvalue weighted by Gasteiger charge is 2.24. The number of nitrogens with zero attached hydrogens (tertiary/aromatic N) is 1. The molecule has 0 spiro atoms. The quantitative estimate of drug-likeness (QED) is 0.464. The monoisotopic (exact) mass is 398 g/mol. The first kappa shape index (κ1) is 20.5. The Bertz CT molecular complexity index is 1000. The number of aromatic amines is 1. The molecule has 1 aliphatic carbocycles. The summed E-state index contributed by atoms with van der Waals surface area (Å²) < 4.78 is 0. The van der Waals surface area contributed by atoms with Gasteiger partial charge in [0.2, 0.25) is 5.95 Å². The van der Waals surface area contributed by atoms with E-state index in [1.165, 1.54) is 6.92 Å². The molecule has 1 heterocycles. The molecule has 0 radical (unpaired) electrons. The minimum Gasteiger partial charge on any atom is -0.365 e. The van der Waals surface area contributed by atoms with E-state index in [1.54, 1.807) is 18.2 Å². The number of nitrogens with one attached hydrogen (secondary N) is 3. The van der Waals surface area contributed by atoms with Crippen LogP contribution in [0.1, 0.15) is 58.9 Å². The number of Topliss-reactive ketones (excluding diaryl/α,β-unsaturated/α-hetero) is 1. The summed E-state index contributed by atoms with van der Waals surface area (Å²) in [6.45, 7) is 3.30. The largest absolute Gasteiger partial charge is 0.365 e. The zero-order chi connectivity index (χ0) is 21.1. The lowest BCUT2D eigenvalue weighted by Gasteiger charge is -2.29. The summed E-state index contributed by atoms with van der Waals surface area (Å²) in [6, 6.07) is 5.06. The minimum absolute atomic E-state index is 0.0249. The number of carbonyl (C=O) groups is 2. The number of hydrogen-bond acceptors (Lipinski definition) is 7. The lowest BCUT2D eigenvalue weighted by atomic mass is 9.91. The van der Waals surface area contributed by atoms with E-state index in [0.29, 0.717) is 11.3 Å². The van der Waals surface area contributed by atoms with Crippen molar-refractivity contribution in [3.8, 4) is 0 Å². The van der Waals surface area contributed by atoms with Crippen molar-refractivity contribution in [2.75, 3.05) is 10.6 Å². The Morgan fingerprint density at radius 2 is 1.97 bits per heavy atom. The molecule has 2 atom stereocenters. The van der Waals surface area contributed by atoms with Crippen LogP contribution in [0.25, 0.3) is 0 Å². The van der Waals surface area contributed by atoms with Crippen LogP contribution in [0.15, 0.2) is 23.0 Å². The van der Waals surface area contributed by atoms with Crippen LogP contribution in [-0.2, 0) is 0 Å². The third-order valence-electron chi connectivity index (χ3n) is 5.20. The van der Waals surface area contributed by atoms with Gasteiger partial charge in [-0.2, -0.15) is 4.98 Å². The Hall–Kier alpha value is -3.20. The molecule has 7 N–H and O–H groups in total. The average Bonchev–Trinajstić information content (AvgIpc) is 2.64. The van der Waals surface area contributed by atoms with Crippen molar-refractivity contribution in [1.29, 1.82) is 0 Å². The molecule has 2 aromatic rings. The summed E-state index contributed by atoms with van der Waals surface area (Å²) in [6.07, 6.45) is 3.87. The standard InChI is InChI=1S/C20H26N6O3/c1-10-7-8-12(11(2)27)9-15(10)23-18-16(17(22)28)19(29)26-20(25-18)24-14-6-4-3-5-13(14)21/h7-9,13-14H,3-6,21H2,1-2H3,(H2,22,28)(H3,23,24,25,26,29)/t13-,14-/m0/s1. The average molecular weight is 398 g/mol. The van der Waals surface area contributed by atoms with Crippen LogP contribution in [0.5, 0.6) is 0 Å². The first-order valence-corrected chi connectivity index (χ1v) is 9.61. The van der Waals surface area contributed by atoms with Crippen molar-refractivity contribution < 1.29 is 9.59 Å². The van der Waals surface area contributed by atoms with Crippen LogP contribution < -0.4 is 27.7 Å².